The second-order valence-corrected chi connectivity index (χ2v) is 8.21. The van der Waals surface area contributed by atoms with E-state index in [4.69, 9.17) is 4.74 Å². The summed E-state index contributed by atoms with van der Waals surface area (Å²) in [5.74, 6) is 2.08. The van der Waals surface area contributed by atoms with Crippen LogP contribution in [0.25, 0.3) is 5.00 Å². The lowest BCUT2D eigenvalue weighted by molar-refractivity contribution is -0.131. The number of piperidine rings is 1. The van der Waals surface area contributed by atoms with Gasteiger partial charge >= 0.3 is 5.69 Å². The molecule has 1 fully saturated rings. The molecule has 8 heteroatoms. The highest BCUT2D eigenvalue weighted by Gasteiger charge is 2.25. The fourth-order valence-corrected chi connectivity index (χ4v) is 4.55. The third-order valence-corrected chi connectivity index (χ3v) is 6.25. The summed E-state index contributed by atoms with van der Waals surface area (Å²) in [7, 11) is 1.63. The SMILES string of the molecule is COc1cccc(CC(=O)N2CCC(Cc3n[nH]c(=O)n3-c3cccs3)CC2)c1. The molecule has 4 rings (SSSR count). The van der Waals surface area contributed by atoms with Crippen LogP contribution in [-0.2, 0) is 17.6 Å². The van der Waals surface area contributed by atoms with Gasteiger partial charge in [-0.1, -0.05) is 12.1 Å². The third-order valence-electron chi connectivity index (χ3n) is 5.40. The highest BCUT2D eigenvalue weighted by Crippen LogP contribution is 2.23. The molecule has 7 nitrogen and oxygen atoms in total. The highest BCUT2D eigenvalue weighted by atomic mass is 32.1. The van der Waals surface area contributed by atoms with E-state index in [0.717, 1.165) is 54.5 Å². The molecule has 1 aliphatic rings. The molecule has 0 unspecified atom stereocenters. The Morgan fingerprint density at radius 3 is 2.83 bits per heavy atom. The lowest BCUT2D eigenvalue weighted by atomic mass is 9.93. The second kappa shape index (κ2) is 8.65. The minimum atomic E-state index is -0.201. The minimum absolute atomic E-state index is 0.145. The Morgan fingerprint density at radius 1 is 1.28 bits per heavy atom. The van der Waals surface area contributed by atoms with Gasteiger partial charge in [0.1, 0.15) is 16.6 Å². The van der Waals surface area contributed by atoms with Crippen molar-refractivity contribution < 1.29 is 9.53 Å². The summed E-state index contributed by atoms with van der Waals surface area (Å²) in [5.41, 5.74) is 0.765. The van der Waals surface area contributed by atoms with Crippen molar-refractivity contribution in [3.63, 3.8) is 0 Å². The van der Waals surface area contributed by atoms with Crippen LogP contribution in [0.1, 0.15) is 24.2 Å². The van der Waals surface area contributed by atoms with Gasteiger partial charge in [-0.2, -0.15) is 5.10 Å². The topological polar surface area (TPSA) is 80.2 Å². The van der Waals surface area contributed by atoms with Crippen molar-refractivity contribution in [1.29, 1.82) is 0 Å². The minimum Gasteiger partial charge on any atom is -0.497 e. The van der Waals surface area contributed by atoms with E-state index in [0.29, 0.717) is 12.3 Å². The van der Waals surface area contributed by atoms with Gasteiger partial charge in [0.15, 0.2) is 0 Å². The molecular weight excluding hydrogens is 388 g/mol. The summed E-state index contributed by atoms with van der Waals surface area (Å²) in [6, 6.07) is 11.5. The fourth-order valence-electron chi connectivity index (χ4n) is 3.80. The van der Waals surface area contributed by atoms with E-state index in [1.54, 1.807) is 11.7 Å². The zero-order valence-electron chi connectivity index (χ0n) is 16.3. The largest absolute Gasteiger partial charge is 0.497 e. The number of hydrogen-bond acceptors (Lipinski definition) is 5. The Kier molecular flexibility index (Phi) is 5.80. The number of aromatic amines is 1. The van der Waals surface area contributed by atoms with E-state index in [1.807, 2.05) is 46.7 Å². The number of nitrogens with one attached hydrogen (secondary N) is 1. The van der Waals surface area contributed by atoms with Crippen molar-refractivity contribution in [2.75, 3.05) is 20.2 Å². The van der Waals surface area contributed by atoms with E-state index in [1.165, 1.54) is 11.3 Å². The standard InChI is InChI=1S/C21H24N4O3S/c1-28-17-5-2-4-16(12-17)14-19(26)24-9-7-15(8-10-24)13-18-22-23-21(27)25(18)20-6-3-11-29-20/h2-6,11-12,15H,7-10,13-14H2,1H3,(H,23,27). The zero-order valence-corrected chi connectivity index (χ0v) is 17.2. The molecule has 1 N–H and O–H groups in total. The van der Waals surface area contributed by atoms with Crippen molar-refractivity contribution in [2.45, 2.75) is 25.7 Å². The summed E-state index contributed by atoms with van der Waals surface area (Å²) in [6.07, 6.45) is 2.94. The summed E-state index contributed by atoms with van der Waals surface area (Å²) < 4.78 is 6.89. The maximum absolute atomic E-state index is 12.7. The number of carbonyl (C=O) groups excluding carboxylic acids is 1. The first-order valence-corrected chi connectivity index (χ1v) is 10.6. The number of nitrogens with zero attached hydrogens (tertiary/aromatic N) is 3. The molecule has 0 atom stereocenters. The number of hydrogen-bond donors (Lipinski definition) is 1. The van der Waals surface area contributed by atoms with Gasteiger partial charge in [0.05, 0.1) is 13.5 Å². The van der Waals surface area contributed by atoms with Crippen LogP contribution in [0.15, 0.2) is 46.6 Å². The number of aromatic nitrogens is 3. The molecule has 1 aliphatic heterocycles. The molecule has 0 aliphatic carbocycles. The van der Waals surface area contributed by atoms with Crippen molar-refractivity contribution in [3.8, 4) is 10.8 Å². The van der Waals surface area contributed by atoms with Crippen LogP contribution in [0.2, 0.25) is 0 Å². The number of amides is 1. The van der Waals surface area contributed by atoms with Crippen LogP contribution in [-0.4, -0.2) is 45.8 Å². The summed E-state index contributed by atoms with van der Waals surface area (Å²) >= 11 is 1.52. The van der Waals surface area contributed by atoms with E-state index < -0.39 is 0 Å². The molecule has 152 valence electrons. The van der Waals surface area contributed by atoms with Gasteiger partial charge in [-0.25, -0.2) is 14.5 Å². The number of H-pyrrole nitrogens is 1. The zero-order chi connectivity index (χ0) is 20.2. The van der Waals surface area contributed by atoms with Gasteiger partial charge in [-0.05, 0) is 54.0 Å². The van der Waals surface area contributed by atoms with Crippen molar-refractivity contribution >= 4 is 17.2 Å². The molecule has 1 aromatic carbocycles. The number of ether oxygens (including phenoxy) is 1. The molecule has 2 aromatic heterocycles. The van der Waals surface area contributed by atoms with Crippen LogP contribution >= 0.6 is 11.3 Å². The molecule has 29 heavy (non-hydrogen) atoms. The van der Waals surface area contributed by atoms with Gasteiger partial charge in [-0.15, -0.1) is 11.3 Å². The van der Waals surface area contributed by atoms with E-state index in [-0.39, 0.29) is 11.6 Å². The maximum Gasteiger partial charge on any atom is 0.348 e. The molecule has 1 amide bonds. The number of benzene rings is 1. The van der Waals surface area contributed by atoms with Crippen molar-refractivity contribution in [3.05, 3.63) is 63.7 Å². The summed E-state index contributed by atoms with van der Waals surface area (Å²) in [6.45, 7) is 1.47. The Morgan fingerprint density at radius 2 is 2.10 bits per heavy atom. The predicted octanol–water partition coefficient (Wildman–Crippen LogP) is 2.65. The Balaban J connectivity index is 1.34. The molecule has 0 bridgehead atoms. The average molecular weight is 413 g/mol. The second-order valence-electron chi connectivity index (χ2n) is 7.29. The molecule has 3 heterocycles. The van der Waals surface area contributed by atoms with Crippen LogP contribution < -0.4 is 10.4 Å². The first-order valence-electron chi connectivity index (χ1n) is 9.75. The van der Waals surface area contributed by atoms with E-state index >= 15 is 0 Å². The monoisotopic (exact) mass is 412 g/mol. The molecule has 1 saturated heterocycles. The normalized spacial score (nSPS) is 14.9. The van der Waals surface area contributed by atoms with Crippen LogP contribution in [0.3, 0.4) is 0 Å². The lowest BCUT2D eigenvalue weighted by Crippen LogP contribution is -2.39. The Hall–Kier alpha value is -2.87. The summed E-state index contributed by atoms with van der Waals surface area (Å²) in [4.78, 5) is 26.7. The maximum atomic E-state index is 12.7. The number of carbonyl (C=O) groups is 1. The molecule has 0 spiro atoms. The molecule has 0 radical (unpaired) electrons. The number of rotatable bonds is 6. The van der Waals surface area contributed by atoms with Crippen molar-refractivity contribution in [2.24, 2.45) is 5.92 Å². The number of methoxy groups -OCH3 is 1. The fraction of sp³-hybridized carbons (Fsp3) is 0.381. The van der Waals surface area contributed by atoms with Gasteiger partial charge in [0, 0.05) is 19.5 Å². The lowest BCUT2D eigenvalue weighted by Gasteiger charge is -2.32. The van der Waals surface area contributed by atoms with Crippen LogP contribution in [0.4, 0.5) is 0 Å². The Bertz CT molecular complexity index is 1020. The highest BCUT2D eigenvalue weighted by molar-refractivity contribution is 7.12. The van der Waals surface area contributed by atoms with Gasteiger partial charge < -0.3 is 9.64 Å². The van der Waals surface area contributed by atoms with Crippen LogP contribution in [0, 0.1) is 5.92 Å². The first-order chi connectivity index (χ1) is 14.1. The predicted molar refractivity (Wildman–Crippen MR) is 112 cm³/mol. The quantitative estimate of drug-likeness (QED) is 0.675. The number of likely N-dealkylation sites (tertiary alicyclic amines) is 1. The van der Waals surface area contributed by atoms with Crippen molar-refractivity contribution in [1.82, 2.24) is 19.7 Å². The number of thiophene rings is 1. The molecule has 3 aromatic rings. The third kappa shape index (κ3) is 4.42. The van der Waals surface area contributed by atoms with Crippen LogP contribution in [0.5, 0.6) is 5.75 Å². The van der Waals surface area contributed by atoms with E-state index in [9.17, 15) is 9.59 Å². The smallest absolute Gasteiger partial charge is 0.348 e. The van der Waals surface area contributed by atoms with E-state index in [2.05, 4.69) is 10.2 Å². The summed E-state index contributed by atoms with van der Waals surface area (Å²) in [5, 5.41) is 9.63. The van der Waals surface area contributed by atoms with Gasteiger partial charge in [0.2, 0.25) is 5.91 Å². The first kappa shape index (κ1) is 19.4. The van der Waals surface area contributed by atoms with Gasteiger partial charge in [0.25, 0.3) is 0 Å². The molecular formula is C21H24N4O3S. The molecule has 0 saturated carbocycles. The van der Waals surface area contributed by atoms with Gasteiger partial charge in [-0.3, -0.25) is 4.79 Å². The average Bonchev–Trinajstić information content (AvgIpc) is 3.38. The Labute approximate surface area is 172 Å².